The van der Waals surface area contributed by atoms with E-state index in [4.69, 9.17) is 11.6 Å². The van der Waals surface area contributed by atoms with Crippen LogP contribution in [0.2, 0.25) is 5.02 Å². The monoisotopic (exact) mass is 307 g/mol. The number of hydrogen-bond acceptors (Lipinski definition) is 3. The summed E-state index contributed by atoms with van der Waals surface area (Å²) in [5.74, 6) is 1.65. The Morgan fingerprint density at radius 1 is 1.33 bits per heavy atom. The molecule has 2 aliphatic rings. The van der Waals surface area contributed by atoms with Crippen molar-refractivity contribution in [2.75, 3.05) is 38.0 Å². The minimum absolute atomic E-state index is 0.0368. The molecule has 0 bridgehead atoms. The van der Waals surface area contributed by atoms with Gasteiger partial charge >= 0.3 is 0 Å². The predicted molar refractivity (Wildman–Crippen MR) is 85.6 cm³/mol. The number of hydrogen-bond donors (Lipinski definition) is 2. The van der Waals surface area contributed by atoms with Crippen LogP contribution in [0.3, 0.4) is 0 Å². The number of nitrogens with one attached hydrogen (secondary N) is 2. The average Bonchev–Trinajstić information content (AvgIpc) is 2.95. The first-order chi connectivity index (χ1) is 10.2. The number of halogens is 1. The summed E-state index contributed by atoms with van der Waals surface area (Å²) in [7, 11) is 0. The van der Waals surface area contributed by atoms with Gasteiger partial charge < -0.3 is 15.5 Å². The lowest BCUT2D eigenvalue weighted by Crippen LogP contribution is -2.41. The first kappa shape index (κ1) is 14.8. The number of fused-ring (bicyclic) bond motifs is 1. The highest BCUT2D eigenvalue weighted by Gasteiger charge is 2.32. The van der Waals surface area contributed by atoms with Crippen LogP contribution in [-0.4, -0.2) is 43.5 Å². The van der Waals surface area contributed by atoms with Crippen molar-refractivity contribution in [3.63, 3.8) is 0 Å². The van der Waals surface area contributed by atoms with Crippen LogP contribution < -0.4 is 10.6 Å². The maximum absolute atomic E-state index is 12.0. The molecule has 2 N–H and O–H groups in total. The molecule has 3 rings (SSSR count). The number of rotatable bonds is 4. The zero-order valence-electron chi connectivity index (χ0n) is 12.1. The highest BCUT2D eigenvalue weighted by Crippen LogP contribution is 2.26. The second-order valence-electron chi connectivity index (χ2n) is 6.05. The summed E-state index contributed by atoms with van der Waals surface area (Å²) >= 11 is 6.05. The fourth-order valence-electron chi connectivity index (χ4n) is 3.35. The van der Waals surface area contributed by atoms with E-state index in [0.717, 1.165) is 38.0 Å². The number of nitrogens with zero attached hydrogens (tertiary/aromatic N) is 1. The highest BCUT2D eigenvalue weighted by atomic mass is 35.5. The van der Waals surface area contributed by atoms with Gasteiger partial charge in [-0.1, -0.05) is 23.7 Å². The summed E-state index contributed by atoms with van der Waals surface area (Å²) in [6.45, 7) is 5.37. The number of carbonyl (C=O) groups excluding carboxylic acids is 1. The molecule has 2 aliphatic heterocycles. The molecule has 1 aromatic carbocycles. The molecule has 2 atom stereocenters. The fourth-order valence-corrected chi connectivity index (χ4v) is 3.53. The van der Waals surface area contributed by atoms with Crippen LogP contribution >= 0.6 is 11.6 Å². The SMILES string of the molecule is O=C(CCN1CCC2CNCC2C1)Nc1ccccc1Cl. The third kappa shape index (κ3) is 3.76. The van der Waals surface area contributed by atoms with Crippen LogP contribution in [0.25, 0.3) is 0 Å². The maximum atomic E-state index is 12.0. The van der Waals surface area contributed by atoms with Crippen molar-refractivity contribution in [1.29, 1.82) is 0 Å². The Morgan fingerprint density at radius 3 is 3.00 bits per heavy atom. The maximum Gasteiger partial charge on any atom is 0.225 e. The van der Waals surface area contributed by atoms with Crippen molar-refractivity contribution in [2.24, 2.45) is 11.8 Å². The third-order valence-electron chi connectivity index (χ3n) is 4.59. The number of piperidine rings is 1. The average molecular weight is 308 g/mol. The minimum atomic E-state index is 0.0368. The summed E-state index contributed by atoms with van der Waals surface area (Å²) in [6.07, 6.45) is 1.78. The molecule has 1 aromatic rings. The molecule has 2 heterocycles. The van der Waals surface area contributed by atoms with Crippen molar-refractivity contribution >= 4 is 23.2 Å². The fraction of sp³-hybridized carbons (Fsp3) is 0.562. The zero-order chi connectivity index (χ0) is 14.7. The standard InChI is InChI=1S/C16H22ClN3O/c17-14-3-1-2-4-15(14)19-16(21)6-8-20-7-5-12-9-18-10-13(12)11-20/h1-4,12-13,18H,5-11H2,(H,19,21). The lowest BCUT2D eigenvalue weighted by Gasteiger charge is -2.34. The van der Waals surface area contributed by atoms with Crippen LogP contribution in [0.4, 0.5) is 5.69 Å². The molecule has 0 saturated carbocycles. The smallest absolute Gasteiger partial charge is 0.225 e. The Morgan fingerprint density at radius 2 is 2.14 bits per heavy atom. The third-order valence-corrected chi connectivity index (χ3v) is 4.92. The van der Waals surface area contributed by atoms with Crippen LogP contribution in [0.1, 0.15) is 12.8 Å². The van der Waals surface area contributed by atoms with E-state index in [1.807, 2.05) is 18.2 Å². The Kier molecular flexibility index (Phi) is 4.78. The number of likely N-dealkylation sites (tertiary alicyclic amines) is 1. The second kappa shape index (κ2) is 6.77. The molecule has 1 amide bonds. The zero-order valence-corrected chi connectivity index (χ0v) is 12.9. The second-order valence-corrected chi connectivity index (χ2v) is 6.45. The van der Waals surface area contributed by atoms with Gasteiger partial charge in [0.25, 0.3) is 0 Å². The van der Waals surface area contributed by atoms with Crippen LogP contribution in [0.5, 0.6) is 0 Å². The van der Waals surface area contributed by atoms with Crippen LogP contribution in [0, 0.1) is 11.8 Å². The molecule has 2 unspecified atom stereocenters. The predicted octanol–water partition coefficient (Wildman–Crippen LogP) is 2.21. The van der Waals surface area contributed by atoms with Gasteiger partial charge in [0.1, 0.15) is 0 Å². The van der Waals surface area contributed by atoms with Gasteiger partial charge in [0.05, 0.1) is 10.7 Å². The summed E-state index contributed by atoms with van der Waals surface area (Å²) in [4.78, 5) is 14.4. The number of benzene rings is 1. The summed E-state index contributed by atoms with van der Waals surface area (Å²) in [6, 6.07) is 7.35. The van der Waals surface area contributed by atoms with E-state index in [0.29, 0.717) is 17.1 Å². The van der Waals surface area contributed by atoms with E-state index in [9.17, 15) is 4.79 Å². The Bertz CT molecular complexity index is 508. The molecule has 21 heavy (non-hydrogen) atoms. The van der Waals surface area contributed by atoms with Crippen LogP contribution in [0.15, 0.2) is 24.3 Å². The van der Waals surface area contributed by atoms with E-state index in [2.05, 4.69) is 15.5 Å². The first-order valence-corrected chi connectivity index (χ1v) is 8.07. The van der Waals surface area contributed by atoms with Gasteiger partial charge in [-0.15, -0.1) is 0 Å². The normalized spacial score (nSPS) is 25.6. The van der Waals surface area contributed by atoms with Gasteiger partial charge in [-0.25, -0.2) is 0 Å². The molecule has 0 aromatic heterocycles. The quantitative estimate of drug-likeness (QED) is 0.896. The molecule has 2 fully saturated rings. The van der Waals surface area contributed by atoms with E-state index in [1.54, 1.807) is 6.07 Å². The Hall–Kier alpha value is -1.10. The van der Waals surface area contributed by atoms with Crippen molar-refractivity contribution in [2.45, 2.75) is 12.8 Å². The molecule has 4 nitrogen and oxygen atoms in total. The largest absolute Gasteiger partial charge is 0.325 e. The minimum Gasteiger partial charge on any atom is -0.325 e. The molecule has 0 spiro atoms. The van der Waals surface area contributed by atoms with E-state index in [-0.39, 0.29) is 5.91 Å². The Labute approximate surface area is 130 Å². The highest BCUT2D eigenvalue weighted by molar-refractivity contribution is 6.33. The number of anilines is 1. The molecular formula is C16H22ClN3O. The number of carbonyl (C=O) groups is 1. The number of para-hydroxylation sites is 1. The summed E-state index contributed by atoms with van der Waals surface area (Å²) < 4.78 is 0. The van der Waals surface area contributed by atoms with Crippen molar-refractivity contribution in [3.8, 4) is 0 Å². The lowest BCUT2D eigenvalue weighted by atomic mass is 9.89. The molecule has 2 saturated heterocycles. The van der Waals surface area contributed by atoms with E-state index in [1.165, 1.54) is 13.0 Å². The Balaban J connectivity index is 1.45. The van der Waals surface area contributed by atoms with Crippen molar-refractivity contribution in [3.05, 3.63) is 29.3 Å². The first-order valence-electron chi connectivity index (χ1n) is 7.70. The van der Waals surface area contributed by atoms with Crippen molar-refractivity contribution in [1.82, 2.24) is 10.2 Å². The molecule has 0 radical (unpaired) electrons. The molecule has 114 valence electrons. The van der Waals surface area contributed by atoms with Crippen molar-refractivity contribution < 1.29 is 4.79 Å². The molecular weight excluding hydrogens is 286 g/mol. The molecule has 0 aliphatic carbocycles. The number of amides is 1. The molecule has 5 heteroatoms. The summed E-state index contributed by atoms with van der Waals surface area (Å²) in [5, 5.41) is 6.94. The summed E-state index contributed by atoms with van der Waals surface area (Å²) in [5.41, 5.74) is 0.697. The van der Waals surface area contributed by atoms with E-state index >= 15 is 0 Å². The van der Waals surface area contributed by atoms with E-state index < -0.39 is 0 Å². The van der Waals surface area contributed by atoms with Gasteiger partial charge in [-0.2, -0.15) is 0 Å². The van der Waals surface area contributed by atoms with Gasteiger partial charge in [0.2, 0.25) is 5.91 Å². The topological polar surface area (TPSA) is 44.4 Å². The van der Waals surface area contributed by atoms with Gasteiger partial charge in [0, 0.05) is 19.5 Å². The van der Waals surface area contributed by atoms with Gasteiger partial charge in [-0.3, -0.25) is 4.79 Å². The van der Waals surface area contributed by atoms with Crippen LogP contribution in [-0.2, 0) is 4.79 Å². The lowest BCUT2D eigenvalue weighted by molar-refractivity contribution is -0.116. The van der Waals surface area contributed by atoms with Gasteiger partial charge in [-0.05, 0) is 50.0 Å². The van der Waals surface area contributed by atoms with Gasteiger partial charge in [0.15, 0.2) is 0 Å².